The van der Waals surface area contributed by atoms with E-state index in [-0.39, 0.29) is 5.92 Å². The van der Waals surface area contributed by atoms with Gasteiger partial charge in [0.1, 0.15) is 0 Å². The second kappa shape index (κ2) is 8.45. The molecule has 154 valence electrons. The van der Waals surface area contributed by atoms with Crippen molar-refractivity contribution in [3.8, 4) is 11.1 Å². The molecule has 10 heteroatoms. The van der Waals surface area contributed by atoms with E-state index in [1.165, 1.54) is 23.0 Å². The van der Waals surface area contributed by atoms with Crippen LogP contribution in [0.15, 0.2) is 36.9 Å². The van der Waals surface area contributed by atoms with E-state index >= 15 is 0 Å². The standard InChI is InChI=1S/C19H21AsF3N5O/c1-10(2)16(18(29)27-9-19(21,22)23)28-13-3-11(5-24-7-13)15-8-26-17-14(15)4-12(20)6-25-17/h3-8,10,16,28H,9,20H2,1-2H3,(H,25,26)(H,27,29). The molecule has 0 aliphatic heterocycles. The SMILES string of the molecule is CC(C)C(Nc1cncc(-c2c[nH]c3ncc([AsH2])cc23)c1)C(=O)NCC(F)(F)F. The number of nitrogens with one attached hydrogen (secondary N) is 3. The third-order valence-corrected chi connectivity index (χ3v) is 5.00. The second-order valence-corrected chi connectivity index (χ2v) is 8.43. The number of halogens is 3. The summed E-state index contributed by atoms with van der Waals surface area (Å²) in [5.74, 6) is -0.939. The molecule has 29 heavy (non-hydrogen) atoms. The van der Waals surface area contributed by atoms with Gasteiger partial charge in [-0.25, -0.2) is 0 Å². The normalized spacial score (nSPS) is 12.9. The van der Waals surface area contributed by atoms with Gasteiger partial charge in [-0.05, 0) is 0 Å². The molecule has 0 spiro atoms. The van der Waals surface area contributed by atoms with Gasteiger partial charge in [0.2, 0.25) is 0 Å². The second-order valence-electron chi connectivity index (χ2n) is 7.03. The van der Waals surface area contributed by atoms with Crippen molar-refractivity contribution in [1.29, 1.82) is 0 Å². The Hall–Kier alpha value is -2.54. The van der Waals surface area contributed by atoms with Gasteiger partial charge in [-0.3, -0.25) is 0 Å². The maximum atomic E-state index is 12.4. The minimum Gasteiger partial charge on any atom is -0.169 e. The number of hydrogen-bond acceptors (Lipinski definition) is 4. The molecule has 6 nitrogen and oxygen atoms in total. The first kappa shape index (κ1) is 21.2. The van der Waals surface area contributed by atoms with Crippen LogP contribution < -0.4 is 15.0 Å². The minimum absolute atomic E-state index is 0.228. The Labute approximate surface area is 174 Å². The number of carbonyl (C=O) groups excluding carboxylic acids is 1. The number of hydrogen-bond donors (Lipinski definition) is 3. The van der Waals surface area contributed by atoms with Gasteiger partial charge in [-0.2, -0.15) is 13.2 Å². The number of nitrogens with zero attached hydrogens (tertiary/aromatic N) is 2. The van der Waals surface area contributed by atoms with Gasteiger partial charge in [0.05, 0.1) is 0 Å². The first-order chi connectivity index (χ1) is 13.6. The molecule has 3 aromatic heterocycles. The number of carbonyl (C=O) groups is 1. The number of anilines is 1. The summed E-state index contributed by atoms with van der Waals surface area (Å²) in [5.41, 5.74) is 3.01. The van der Waals surface area contributed by atoms with Crippen LogP contribution in [0.4, 0.5) is 18.9 Å². The number of aromatic nitrogens is 3. The molecule has 0 aliphatic carbocycles. The summed E-state index contributed by atoms with van der Waals surface area (Å²) >= 11 is 1.47. The summed E-state index contributed by atoms with van der Waals surface area (Å²) < 4.78 is 38.3. The van der Waals surface area contributed by atoms with Crippen molar-refractivity contribution in [3.05, 3.63) is 36.9 Å². The first-order valence-electron chi connectivity index (χ1n) is 8.93. The van der Waals surface area contributed by atoms with Crippen molar-refractivity contribution in [2.75, 3.05) is 11.9 Å². The van der Waals surface area contributed by atoms with Gasteiger partial charge in [-0.15, -0.1) is 0 Å². The number of fused-ring (bicyclic) bond motifs is 1. The molecule has 0 aliphatic rings. The monoisotopic (exact) mass is 467 g/mol. The molecular weight excluding hydrogens is 446 g/mol. The van der Waals surface area contributed by atoms with Crippen LogP contribution in [0.25, 0.3) is 22.2 Å². The van der Waals surface area contributed by atoms with E-state index < -0.39 is 24.7 Å². The first-order valence-corrected chi connectivity index (χ1v) is 10.1. The number of rotatable bonds is 6. The van der Waals surface area contributed by atoms with E-state index in [1.54, 1.807) is 26.2 Å². The van der Waals surface area contributed by atoms with Gasteiger partial charge in [0.25, 0.3) is 0 Å². The predicted octanol–water partition coefficient (Wildman–Crippen LogP) is 2.00. The van der Waals surface area contributed by atoms with Gasteiger partial charge in [-0.1, -0.05) is 0 Å². The quantitative estimate of drug-likeness (QED) is 0.485. The molecule has 1 amide bonds. The fourth-order valence-corrected chi connectivity index (χ4v) is 3.44. The molecule has 0 bridgehead atoms. The fourth-order valence-electron chi connectivity index (χ4n) is 2.94. The number of aromatic amines is 1. The van der Waals surface area contributed by atoms with Crippen LogP contribution in [0, 0.1) is 5.92 Å². The van der Waals surface area contributed by atoms with Crippen LogP contribution in [0.2, 0.25) is 0 Å². The average molecular weight is 467 g/mol. The Morgan fingerprint density at radius 2 is 2.00 bits per heavy atom. The molecule has 2 atom stereocenters. The summed E-state index contributed by atoms with van der Waals surface area (Å²) in [6, 6.07) is 3.02. The maximum absolute atomic E-state index is 12.4. The van der Waals surface area contributed by atoms with Crippen LogP contribution in [-0.4, -0.2) is 56.5 Å². The Bertz CT molecular complexity index is 1020. The van der Waals surface area contributed by atoms with E-state index in [2.05, 4.69) is 20.3 Å². The van der Waals surface area contributed by atoms with Gasteiger partial charge in [0, 0.05) is 0 Å². The van der Waals surface area contributed by atoms with Crippen molar-refractivity contribution in [2.45, 2.75) is 26.1 Å². The van der Waals surface area contributed by atoms with Crippen LogP contribution in [-0.2, 0) is 4.79 Å². The van der Waals surface area contributed by atoms with Crippen LogP contribution in [0.1, 0.15) is 13.8 Å². The number of H-pyrrole nitrogens is 1. The molecule has 0 fully saturated rings. The summed E-state index contributed by atoms with van der Waals surface area (Å²) in [6.07, 6.45) is 2.40. The number of alkyl halides is 3. The molecule has 2 unspecified atom stereocenters. The van der Waals surface area contributed by atoms with Crippen molar-refractivity contribution >= 4 is 43.8 Å². The van der Waals surface area contributed by atoms with Crippen molar-refractivity contribution in [1.82, 2.24) is 20.3 Å². The molecule has 0 saturated heterocycles. The van der Waals surface area contributed by atoms with Gasteiger partial charge in [0.15, 0.2) is 0 Å². The third kappa shape index (κ3) is 5.29. The van der Waals surface area contributed by atoms with Gasteiger partial charge < -0.3 is 0 Å². The van der Waals surface area contributed by atoms with E-state index in [1.807, 2.05) is 23.6 Å². The Kier molecular flexibility index (Phi) is 6.17. The molecule has 0 saturated carbocycles. The molecule has 3 aromatic rings. The van der Waals surface area contributed by atoms with E-state index in [0.717, 1.165) is 26.5 Å². The molecule has 0 radical (unpaired) electrons. The molecule has 3 heterocycles. The van der Waals surface area contributed by atoms with Gasteiger partial charge >= 0.3 is 161 Å². The van der Waals surface area contributed by atoms with E-state index in [0.29, 0.717) is 5.69 Å². The van der Waals surface area contributed by atoms with Crippen molar-refractivity contribution in [2.24, 2.45) is 5.92 Å². The van der Waals surface area contributed by atoms with E-state index in [9.17, 15) is 18.0 Å². The minimum atomic E-state index is -4.46. The molecule has 0 aromatic carbocycles. The Morgan fingerprint density at radius 1 is 1.24 bits per heavy atom. The topological polar surface area (TPSA) is 82.7 Å². The molecular formula is C19H21AsF3N5O. The summed E-state index contributed by atoms with van der Waals surface area (Å²) in [7, 11) is 0. The van der Waals surface area contributed by atoms with E-state index in [4.69, 9.17) is 0 Å². The number of amides is 1. The van der Waals surface area contributed by atoms with Crippen molar-refractivity contribution < 1.29 is 18.0 Å². The fraction of sp³-hybridized carbons (Fsp3) is 0.316. The Morgan fingerprint density at radius 3 is 2.69 bits per heavy atom. The van der Waals surface area contributed by atoms with Crippen LogP contribution >= 0.6 is 0 Å². The zero-order chi connectivity index (χ0) is 21.2. The van der Waals surface area contributed by atoms with Crippen LogP contribution in [0.5, 0.6) is 0 Å². The summed E-state index contributed by atoms with van der Waals surface area (Å²) in [6.45, 7) is 2.16. The zero-order valence-corrected chi connectivity index (χ0v) is 18.3. The molecule has 3 rings (SSSR count). The smallest absolute Gasteiger partial charge is 0.169 e. The summed E-state index contributed by atoms with van der Waals surface area (Å²) in [4.78, 5) is 24.0. The summed E-state index contributed by atoms with van der Waals surface area (Å²) in [5, 5.41) is 5.90. The predicted molar refractivity (Wildman–Crippen MR) is 109 cm³/mol. The Balaban J connectivity index is 1.84. The zero-order valence-electron chi connectivity index (χ0n) is 15.8. The molecule has 3 N–H and O–H groups in total. The number of pyridine rings is 2. The van der Waals surface area contributed by atoms with Crippen LogP contribution in [0.3, 0.4) is 0 Å². The van der Waals surface area contributed by atoms with Crippen molar-refractivity contribution in [3.63, 3.8) is 0 Å². The third-order valence-electron chi connectivity index (χ3n) is 4.34. The average Bonchev–Trinajstić information content (AvgIpc) is 3.06.